The summed E-state index contributed by atoms with van der Waals surface area (Å²) in [5.74, 6) is 1.16. The first kappa shape index (κ1) is 16.8. The van der Waals surface area contributed by atoms with E-state index < -0.39 is 0 Å². The Kier molecular flexibility index (Phi) is 6.97. The average molecular weight is 295 g/mol. The van der Waals surface area contributed by atoms with E-state index in [1.807, 2.05) is 0 Å². The normalized spacial score (nSPS) is 21.1. The van der Waals surface area contributed by atoms with Crippen LogP contribution in [0.2, 0.25) is 0 Å². The number of likely N-dealkylation sites (N-methyl/N-ethyl adjacent to an activating group) is 1. The molecule has 1 saturated heterocycles. The molecule has 4 nitrogen and oxygen atoms in total. The maximum Gasteiger partial charge on any atom is 0.222 e. The Balaban J connectivity index is 1.80. The zero-order chi connectivity index (χ0) is 15.1. The second kappa shape index (κ2) is 8.74. The van der Waals surface area contributed by atoms with E-state index >= 15 is 0 Å². The van der Waals surface area contributed by atoms with Gasteiger partial charge >= 0.3 is 0 Å². The van der Waals surface area contributed by atoms with Crippen LogP contribution in [0.4, 0.5) is 0 Å². The van der Waals surface area contributed by atoms with Crippen LogP contribution >= 0.6 is 0 Å². The minimum atomic E-state index is 0.405. The third kappa shape index (κ3) is 5.59. The SMILES string of the molecule is CN(C)CCN(C(=O)CCC1CCNCC1)C1CCCC1. The van der Waals surface area contributed by atoms with Crippen molar-refractivity contribution in [2.45, 2.75) is 57.4 Å². The topological polar surface area (TPSA) is 35.6 Å². The Bertz CT molecular complexity index is 307. The lowest BCUT2D eigenvalue weighted by atomic mass is 9.93. The van der Waals surface area contributed by atoms with Crippen LogP contribution < -0.4 is 5.32 Å². The standard InChI is InChI=1S/C17H33N3O/c1-19(2)13-14-20(16-5-3-4-6-16)17(21)8-7-15-9-11-18-12-10-15/h15-16,18H,3-14H2,1-2H3. The summed E-state index contributed by atoms with van der Waals surface area (Å²) < 4.78 is 0. The number of carbonyl (C=O) groups excluding carboxylic acids is 1. The molecule has 0 aromatic carbocycles. The lowest BCUT2D eigenvalue weighted by Gasteiger charge is -2.31. The van der Waals surface area contributed by atoms with Crippen LogP contribution in [-0.4, -0.2) is 62.0 Å². The molecule has 4 heteroatoms. The number of amides is 1. The number of piperidine rings is 1. The molecular formula is C17H33N3O. The van der Waals surface area contributed by atoms with Crippen molar-refractivity contribution in [2.24, 2.45) is 5.92 Å². The van der Waals surface area contributed by atoms with E-state index in [-0.39, 0.29) is 0 Å². The van der Waals surface area contributed by atoms with E-state index in [4.69, 9.17) is 0 Å². The molecule has 0 spiro atoms. The largest absolute Gasteiger partial charge is 0.338 e. The van der Waals surface area contributed by atoms with E-state index in [2.05, 4.69) is 29.2 Å². The van der Waals surface area contributed by atoms with Crippen LogP contribution in [0.15, 0.2) is 0 Å². The number of nitrogens with one attached hydrogen (secondary N) is 1. The molecule has 122 valence electrons. The van der Waals surface area contributed by atoms with Gasteiger partial charge in [-0.2, -0.15) is 0 Å². The third-order valence-corrected chi connectivity index (χ3v) is 5.10. The van der Waals surface area contributed by atoms with Gasteiger partial charge in [-0.05, 0) is 65.2 Å². The summed E-state index contributed by atoms with van der Waals surface area (Å²) in [5.41, 5.74) is 0. The molecule has 1 aliphatic heterocycles. The molecule has 1 aliphatic carbocycles. The highest BCUT2D eigenvalue weighted by atomic mass is 16.2. The Morgan fingerprint density at radius 1 is 1.05 bits per heavy atom. The first-order valence-electron chi connectivity index (χ1n) is 8.81. The van der Waals surface area contributed by atoms with Gasteiger partial charge in [-0.3, -0.25) is 4.79 Å². The van der Waals surface area contributed by atoms with Gasteiger partial charge in [-0.1, -0.05) is 12.8 Å². The highest BCUT2D eigenvalue weighted by molar-refractivity contribution is 5.76. The molecule has 21 heavy (non-hydrogen) atoms. The minimum absolute atomic E-state index is 0.405. The summed E-state index contributed by atoms with van der Waals surface area (Å²) in [4.78, 5) is 17.1. The second-order valence-corrected chi connectivity index (χ2v) is 7.06. The highest BCUT2D eigenvalue weighted by Crippen LogP contribution is 2.25. The van der Waals surface area contributed by atoms with Crippen molar-refractivity contribution in [1.29, 1.82) is 0 Å². The summed E-state index contributed by atoms with van der Waals surface area (Å²) in [7, 11) is 4.18. The molecule has 1 amide bonds. The lowest BCUT2D eigenvalue weighted by molar-refractivity contribution is -0.134. The van der Waals surface area contributed by atoms with E-state index in [0.717, 1.165) is 44.9 Å². The minimum Gasteiger partial charge on any atom is -0.338 e. The summed E-state index contributed by atoms with van der Waals surface area (Å²) in [6.45, 7) is 4.15. The lowest BCUT2D eigenvalue weighted by Crippen LogP contribution is -2.42. The molecule has 0 bridgehead atoms. The fourth-order valence-corrected chi connectivity index (χ4v) is 3.68. The molecule has 0 aromatic rings. The number of carbonyl (C=O) groups is 1. The van der Waals surface area contributed by atoms with Crippen molar-refractivity contribution >= 4 is 5.91 Å². The van der Waals surface area contributed by atoms with Crippen LogP contribution in [0.5, 0.6) is 0 Å². The molecule has 0 radical (unpaired) electrons. The second-order valence-electron chi connectivity index (χ2n) is 7.06. The number of rotatable bonds is 7. The third-order valence-electron chi connectivity index (χ3n) is 5.10. The van der Waals surface area contributed by atoms with Crippen molar-refractivity contribution in [1.82, 2.24) is 15.1 Å². The zero-order valence-corrected chi connectivity index (χ0v) is 13.9. The van der Waals surface area contributed by atoms with Gasteiger partial charge in [-0.25, -0.2) is 0 Å². The Morgan fingerprint density at radius 2 is 1.71 bits per heavy atom. The Hall–Kier alpha value is -0.610. The van der Waals surface area contributed by atoms with Crippen LogP contribution in [0.25, 0.3) is 0 Å². The van der Waals surface area contributed by atoms with Gasteiger partial charge in [0.05, 0.1) is 0 Å². The molecule has 2 rings (SSSR count). The van der Waals surface area contributed by atoms with Crippen LogP contribution in [0, 0.1) is 5.92 Å². The van der Waals surface area contributed by atoms with Gasteiger partial charge in [-0.15, -0.1) is 0 Å². The molecule has 1 saturated carbocycles. The molecule has 1 heterocycles. The van der Waals surface area contributed by atoms with Crippen molar-refractivity contribution < 1.29 is 4.79 Å². The maximum atomic E-state index is 12.7. The maximum absolute atomic E-state index is 12.7. The van der Waals surface area contributed by atoms with Crippen molar-refractivity contribution in [2.75, 3.05) is 40.3 Å². The molecule has 2 fully saturated rings. The summed E-state index contributed by atoms with van der Waals surface area (Å²) in [6, 6.07) is 0.519. The fourth-order valence-electron chi connectivity index (χ4n) is 3.68. The number of hydrogen-bond acceptors (Lipinski definition) is 3. The molecule has 1 N–H and O–H groups in total. The fraction of sp³-hybridized carbons (Fsp3) is 0.941. The van der Waals surface area contributed by atoms with E-state index in [9.17, 15) is 4.79 Å². The highest BCUT2D eigenvalue weighted by Gasteiger charge is 2.26. The Labute approximate surface area is 130 Å². The Morgan fingerprint density at radius 3 is 2.33 bits per heavy atom. The summed E-state index contributed by atoms with van der Waals surface area (Å²) >= 11 is 0. The number of nitrogens with zero attached hydrogens (tertiary/aromatic N) is 2. The smallest absolute Gasteiger partial charge is 0.222 e. The van der Waals surface area contributed by atoms with Crippen molar-refractivity contribution in [3.63, 3.8) is 0 Å². The average Bonchev–Trinajstić information content (AvgIpc) is 3.00. The van der Waals surface area contributed by atoms with Gasteiger partial charge < -0.3 is 15.1 Å². The van der Waals surface area contributed by atoms with Gasteiger partial charge in [0.15, 0.2) is 0 Å². The molecule has 0 aromatic heterocycles. The number of hydrogen-bond donors (Lipinski definition) is 1. The quantitative estimate of drug-likeness (QED) is 0.781. The van der Waals surface area contributed by atoms with Gasteiger partial charge in [0, 0.05) is 25.6 Å². The van der Waals surface area contributed by atoms with Gasteiger partial charge in [0.2, 0.25) is 5.91 Å². The van der Waals surface area contributed by atoms with Gasteiger partial charge in [0.25, 0.3) is 0 Å². The van der Waals surface area contributed by atoms with Crippen molar-refractivity contribution in [3.05, 3.63) is 0 Å². The first-order valence-corrected chi connectivity index (χ1v) is 8.81. The first-order chi connectivity index (χ1) is 10.2. The molecule has 2 aliphatic rings. The molecular weight excluding hydrogens is 262 g/mol. The molecule has 0 atom stereocenters. The summed E-state index contributed by atoms with van der Waals surface area (Å²) in [6.07, 6.45) is 9.36. The monoisotopic (exact) mass is 295 g/mol. The van der Waals surface area contributed by atoms with Gasteiger partial charge in [0.1, 0.15) is 0 Å². The molecule has 0 unspecified atom stereocenters. The van der Waals surface area contributed by atoms with E-state index in [0.29, 0.717) is 11.9 Å². The van der Waals surface area contributed by atoms with Crippen LogP contribution in [0.1, 0.15) is 51.4 Å². The van der Waals surface area contributed by atoms with Crippen LogP contribution in [-0.2, 0) is 4.79 Å². The van der Waals surface area contributed by atoms with E-state index in [1.165, 1.54) is 38.5 Å². The van der Waals surface area contributed by atoms with Crippen LogP contribution in [0.3, 0.4) is 0 Å². The van der Waals surface area contributed by atoms with Crippen molar-refractivity contribution in [3.8, 4) is 0 Å². The predicted octanol–water partition coefficient (Wildman–Crippen LogP) is 2.10. The predicted molar refractivity (Wildman–Crippen MR) is 87.4 cm³/mol. The zero-order valence-electron chi connectivity index (χ0n) is 13.9. The summed E-state index contributed by atoms with van der Waals surface area (Å²) in [5, 5.41) is 3.40. The van der Waals surface area contributed by atoms with E-state index in [1.54, 1.807) is 0 Å².